The standard InChI is InChI=1S/C16H16N8O5S4/c1-29-22-9(6-3-31-16(17)19-6)12(25)20-10-13(26)24-11(15(27)28)7(4-30-14(10)24)32-5-33-8-2-18-23-21-8/h2-3,10,14H,4-5H2,1H3,(H2,17,19)(H,20,25)(H,27,28)(H,18,21,23)/b22-9-/t10-,14-/m1/s1. The number of carbonyl (C=O) groups excluding carboxylic acids is 2. The number of carboxylic acid groups (broad SMARTS) is 1. The molecule has 2 aromatic rings. The molecule has 2 atom stereocenters. The summed E-state index contributed by atoms with van der Waals surface area (Å²) in [6.45, 7) is 0. The Labute approximate surface area is 203 Å². The first-order chi connectivity index (χ1) is 15.9. The van der Waals surface area contributed by atoms with Gasteiger partial charge in [-0.25, -0.2) is 9.78 Å². The van der Waals surface area contributed by atoms with Crippen LogP contribution in [0, 0.1) is 0 Å². The molecule has 2 aliphatic rings. The number of anilines is 1. The third-order valence-corrected chi connectivity index (χ3v) is 8.68. The van der Waals surface area contributed by atoms with Crippen LogP contribution in [0.25, 0.3) is 0 Å². The maximum Gasteiger partial charge on any atom is 0.353 e. The van der Waals surface area contributed by atoms with Crippen LogP contribution in [0.15, 0.2) is 32.4 Å². The molecule has 33 heavy (non-hydrogen) atoms. The number of aromatic nitrogens is 4. The van der Waals surface area contributed by atoms with Gasteiger partial charge >= 0.3 is 5.97 Å². The van der Waals surface area contributed by atoms with E-state index in [1.807, 2.05) is 0 Å². The number of thiazole rings is 1. The first kappa shape index (κ1) is 23.4. The van der Waals surface area contributed by atoms with Crippen LogP contribution in [0.4, 0.5) is 5.13 Å². The number of rotatable bonds is 9. The van der Waals surface area contributed by atoms with Gasteiger partial charge in [0.2, 0.25) is 0 Å². The molecule has 2 amide bonds. The summed E-state index contributed by atoms with van der Waals surface area (Å²) >= 11 is 5.22. The summed E-state index contributed by atoms with van der Waals surface area (Å²) in [5.41, 5.74) is 5.63. The van der Waals surface area contributed by atoms with Crippen LogP contribution < -0.4 is 11.1 Å². The maximum atomic E-state index is 12.8. The highest BCUT2D eigenvalue weighted by Crippen LogP contribution is 2.44. The molecule has 2 aromatic heterocycles. The molecule has 1 fully saturated rings. The number of β-lactam (4-membered cyclic amide) rings is 1. The van der Waals surface area contributed by atoms with Gasteiger partial charge in [-0.3, -0.25) is 14.5 Å². The molecule has 5 N–H and O–H groups in total. The lowest BCUT2D eigenvalue weighted by Crippen LogP contribution is -2.71. The van der Waals surface area contributed by atoms with Gasteiger partial charge in [0.1, 0.15) is 34.9 Å². The van der Waals surface area contributed by atoms with Crippen molar-refractivity contribution in [2.75, 3.05) is 23.7 Å². The van der Waals surface area contributed by atoms with Crippen molar-refractivity contribution in [3.8, 4) is 0 Å². The minimum absolute atomic E-state index is 0.0712. The molecule has 13 nitrogen and oxygen atoms in total. The summed E-state index contributed by atoms with van der Waals surface area (Å²) in [5.74, 6) is -2.01. The van der Waals surface area contributed by atoms with Crippen molar-refractivity contribution < 1.29 is 24.3 Å². The lowest BCUT2D eigenvalue weighted by atomic mass is 10.0. The van der Waals surface area contributed by atoms with Crippen molar-refractivity contribution in [2.24, 2.45) is 5.16 Å². The lowest BCUT2D eigenvalue weighted by Gasteiger charge is -2.49. The zero-order valence-electron chi connectivity index (χ0n) is 16.8. The van der Waals surface area contributed by atoms with Crippen LogP contribution >= 0.6 is 46.6 Å². The summed E-state index contributed by atoms with van der Waals surface area (Å²) in [7, 11) is 1.28. The maximum absolute atomic E-state index is 12.8. The van der Waals surface area contributed by atoms with Crippen LogP contribution in [-0.2, 0) is 19.2 Å². The highest BCUT2D eigenvalue weighted by molar-refractivity contribution is 8.18. The lowest BCUT2D eigenvalue weighted by molar-refractivity contribution is -0.150. The third kappa shape index (κ3) is 4.80. The normalized spacial score (nSPS) is 20.3. The number of H-pyrrole nitrogens is 1. The van der Waals surface area contributed by atoms with E-state index in [0.29, 0.717) is 20.8 Å². The number of carbonyl (C=O) groups is 3. The Bertz CT molecular complexity index is 1130. The van der Waals surface area contributed by atoms with Crippen LogP contribution in [0.1, 0.15) is 5.69 Å². The fourth-order valence-corrected chi connectivity index (χ4v) is 7.15. The fourth-order valence-electron chi connectivity index (χ4n) is 3.02. The zero-order valence-corrected chi connectivity index (χ0v) is 20.0. The summed E-state index contributed by atoms with van der Waals surface area (Å²) in [4.78, 5) is 48.1. The first-order valence-corrected chi connectivity index (χ1v) is 13.0. The Morgan fingerprint density at radius 3 is 2.94 bits per heavy atom. The molecule has 17 heteroatoms. The van der Waals surface area contributed by atoms with Crippen molar-refractivity contribution in [3.05, 3.63) is 27.9 Å². The molecule has 0 saturated carbocycles. The molecule has 0 bridgehead atoms. The highest BCUT2D eigenvalue weighted by atomic mass is 32.2. The molecule has 0 radical (unpaired) electrons. The predicted octanol–water partition coefficient (Wildman–Crippen LogP) is 0.373. The van der Waals surface area contributed by atoms with E-state index in [1.165, 1.54) is 47.3 Å². The third-order valence-electron chi connectivity index (χ3n) is 4.42. The van der Waals surface area contributed by atoms with Gasteiger partial charge in [0.15, 0.2) is 10.8 Å². The molecule has 0 unspecified atom stereocenters. The van der Waals surface area contributed by atoms with Gasteiger partial charge in [-0.2, -0.15) is 10.3 Å². The predicted molar refractivity (Wildman–Crippen MR) is 124 cm³/mol. The van der Waals surface area contributed by atoms with Gasteiger partial charge < -0.3 is 21.0 Å². The van der Waals surface area contributed by atoms with Gasteiger partial charge in [0, 0.05) is 16.0 Å². The molecular weight excluding hydrogens is 512 g/mol. The van der Waals surface area contributed by atoms with E-state index in [9.17, 15) is 19.5 Å². The second-order valence-electron chi connectivity index (χ2n) is 6.35. The van der Waals surface area contributed by atoms with Gasteiger partial charge in [0.25, 0.3) is 11.8 Å². The summed E-state index contributed by atoms with van der Waals surface area (Å²) < 4.78 is 0. The van der Waals surface area contributed by atoms with Crippen molar-refractivity contribution in [1.29, 1.82) is 0 Å². The number of nitrogens with zero attached hydrogens (tertiary/aromatic N) is 5. The molecule has 0 aromatic carbocycles. The van der Waals surface area contributed by atoms with Gasteiger partial charge in [-0.05, 0) is 0 Å². The van der Waals surface area contributed by atoms with E-state index in [2.05, 4.69) is 30.9 Å². The summed E-state index contributed by atoms with van der Waals surface area (Å²) in [6, 6.07) is -0.911. The molecule has 0 spiro atoms. The van der Waals surface area contributed by atoms with Crippen LogP contribution in [0.2, 0.25) is 0 Å². The minimum Gasteiger partial charge on any atom is -0.477 e. The van der Waals surface area contributed by atoms with E-state index >= 15 is 0 Å². The van der Waals surface area contributed by atoms with Gasteiger partial charge in [-0.1, -0.05) is 16.9 Å². The van der Waals surface area contributed by atoms with Crippen molar-refractivity contribution in [2.45, 2.75) is 16.4 Å². The van der Waals surface area contributed by atoms with E-state index in [4.69, 9.17) is 10.6 Å². The topological polar surface area (TPSA) is 189 Å². The number of hydrogen-bond acceptors (Lipinski definition) is 13. The van der Waals surface area contributed by atoms with Crippen molar-refractivity contribution in [1.82, 2.24) is 30.6 Å². The number of fused-ring (bicyclic) bond motifs is 1. The van der Waals surface area contributed by atoms with Crippen LogP contribution in [0.5, 0.6) is 0 Å². The smallest absolute Gasteiger partial charge is 0.353 e. The number of hydrogen-bond donors (Lipinski definition) is 4. The average molecular weight is 529 g/mol. The molecule has 0 aliphatic carbocycles. The van der Waals surface area contributed by atoms with Crippen molar-refractivity contribution in [3.63, 3.8) is 0 Å². The Morgan fingerprint density at radius 1 is 1.48 bits per heavy atom. The van der Waals surface area contributed by atoms with E-state index in [-0.39, 0.29) is 22.2 Å². The number of nitrogen functional groups attached to an aromatic ring is 1. The SMILES string of the molecule is CO/N=C(\C(=O)N[C@@H]1C(=O)N2C(C(=O)O)=C(SCSc3cn[nH]n3)CS[C@H]12)c1csc(N)n1. The molecule has 4 rings (SSSR count). The summed E-state index contributed by atoms with van der Waals surface area (Å²) in [5, 5.41) is 28.6. The fraction of sp³-hybridized carbons (Fsp3) is 0.312. The first-order valence-electron chi connectivity index (χ1n) is 9.06. The second kappa shape index (κ2) is 10.0. The molecule has 2 aliphatic heterocycles. The molecule has 4 heterocycles. The van der Waals surface area contributed by atoms with Gasteiger partial charge in [0.05, 0.1) is 11.3 Å². The van der Waals surface area contributed by atoms with E-state index in [0.717, 1.165) is 11.3 Å². The number of nitrogens with two attached hydrogens (primary N) is 1. The zero-order chi connectivity index (χ0) is 23.5. The number of thioether (sulfide) groups is 3. The van der Waals surface area contributed by atoms with E-state index in [1.54, 1.807) is 11.6 Å². The van der Waals surface area contributed by atoms with Crippen LogP contribution in [-0.4, -0.2) is 83.3 Å². The average Bonchev–Trinajstić information content (AvgIpc) is 3.46. The van der Waals surface area contributed by atoms with Crippen LogP contribution in [0.3, 0.4) is 0 Å². The second-order valence-corrected chi connectivity index (χ2v) is 10.8. The van der Waals surface area contributed by atoms with Crippen molar-refractivity contribution >= 4 is 75.2 Å². The van der Waals surface area contributed by atoms with Gasteiger partial charge in [-0.15, -0.1) is 40.0 Å². The molecular formula is C16H16N8O5S4. The number of nitrogens with one attached hydrogen (secondary N) is 2. The highest BCUT2D eigenvalue weighted by Gasteiger charge is 2.54. The monoisotopic (exact) mass is 528 g/mol. The summed E-state index contributed by atoms with van der Waals surface area (Å²) in [6.07, 6.45) is 1.57. The Kier molecular flexibility index (Phi) is 7.11. The Balaban J connectivity index is 1.45. The Hall–Kier alpha value is -2.76. The van der Waals surface area contributed by atoms with E-state index < -0.39 is 29.2 Å². The number of amides is 2. The quantitative estimate of drug-likeness (QED) is 0.115. The Morgan fingerprint density at radius 2 is 2.30 bits per heavy atom. The molecule has 1 saturated heterocycles. The molecule has 174 valence electrons. The minimum atomic E-state index is -1.20. The largest absolute Gasteiger partial charge is 0.477 e. The number of carboxylic acids is 1. The number of aromatic amines is 1. The number of aliphatic carboxylic acids is 1. The number of oxime groups is 1.